The minimum absolute atomic E-state index is 0.136. The molecular weight excluding hydrogens is 184 g/mol. The van der Waals surface area contributed by atoms with E-state index in [4.69, 9.17) is 5.73 Å². The highest BCUT2D eigenvalue weighted by atomic mass is 15.1. The Morgan fingerprint density at radius 1 is 1.33 bits per heavy atom. The molecule has 1 aromatic carbocycles. The monoisotopic (exact) mass is 204 g/mol. The summed E-state index contributed by atoms with van der Waals surface area (Å²) in [4.78, 5) is 2.45. The summed E-state index contributed by atoms with van der Waals surface area (Å²) in [6.07, 6.45) is 1.31. The predicted molar refractivity (Wildman–Crippen MR) is 65.0 cm³/mol. The van der Waals surface area contributed by atoms with Crippen LogP contribution in [0.5, 0.6) is 0 Å². The second kappa shape index (κ2) is 4.23. The fourth-order valence-corrected chi connectivity index (χ4v) is 2.16. The number of rotatable bonds is 2. The molecule has 2 N–H and O–H groups in total. The Morgan fingerprint density at radius 2 is 2.00 bits per heavy atom. The molecule has 1 aliphatic heterocycles. The van der Waals surface area contributed by atoms with Crippen molar-refractivity contribution in [3.05, 3.63) is 29.8 Å². The molecule has 0 spiro atoms. The molecule has 0 bridgehead atoms. The molecule has 1 aromatic rings. The minimum Gasteiger partial charge on any atom is -0.371 e. The molecule has 0 aliphatic carbocycles. The van der Waals surface area contributed by atoms with Crippen LogP contribution >= 0.6 is 0 Å². The van der Waals surface area contributed by atoms with Crippen LogP contribution in [0.1, 0.15) is 31.9 Å². The predicted octanol–water partition coefficient (Wildman–Crippen LogP) is 2.55. The van der Waals surface area contributed by atoms with Gasteiger partial charge in [0, 0.05) is 24.8 Å². The zero-order valence-electron chi connectivity index (χ0n) is 9.61. The van der Waals surface area contributed by atoms with Crippen LogP contribution in [0.3, 0.4) is 0 Å². The lowest BCUT2D eigenvalue weighted by Crippen LogP contribution is -2.19. The van der Waals surface area contributed by atoms with Crippen molar-refractivity contribution in [3.8, 4) is 0 Å². The molecule has 15 heavy (non-hydrogen) atoms. The van der Waals surface area contributed by atoms with Gasteiger partial charge in [0.25, 0.3) is 0 Å². The molecule has 1 unspecified atom stereocenters. The molecule has 0 amide bonds. The fraction of sp³-hybridized carbons (Fsp3) is 0.538. The van der Waals surface area contributed by atoms with E-state index in [2.05, 4.69) is 36.1 Å². The third-order valence-corrected chi connectivity index (χ3v) is 3.21. The smallest absolute Gasteiger partial charge is 0.0366 e. The van der Waals surface area contributed by atoms with Crippen molar-refractivity contribution in [3.63, 3.8) is 0 Å². The molecule has 82 valence electrons. The van der Waals surface area contributed by atoms with E-state index in [1.165, 1.54) is 30.8 Å². The van der Waals surface area contributed by atoms with E-state index in [9.17, 15) is 0 Å². The maximum Gasteiger partial charge on any atom is 0.0366 e. The minimum atomic E-state index is 0.136. The van der Waals surface area contributed by atoms with Gasteiger partial charge in [0.2, 0.25) is 0 Å². The number of benzene rings is 1. The lowest BCUT2D eigenvalue weighted by atomic mass is 10.1. The third-order valence-electron chi connectivity index (χ3n) is 3.21. The number of nitrogens with two attached hydrogens (primary N) is 1. The van der Waals surface area contributed by atoms with Crippen LogP contribution in [-0.4, -0.2) is 13.1 Å². The Hall–Kier alpha value is -1.02. The van der Waals surface area contributed by atoms with Gasteiger partial charge in [-0.2, -0.15) is 0 Å². The first-order chi connectivity index (χ1) is 7.16. The van der Waals surface area contributed by atoms with Gasteiger partial charge in [0.05, 0.1) is 0 Å². The second-order valence-electron chi connectivity index (χ2n) is 4.72. The van der Waals surface area contributed by atoms with Crippen LogP contribution in [0.2, 0.25) is 0 Å². The Bertz CT molecular complexity index is 316. The first-order valence-electron chi connectivity index (χ1n) is 5.77. The van der Waals surface area contributed by atoms with E-state index in [0.29, 0.717) is 0 Å². The summed E-state index contributed by atoms with van der Waals surface area (Å²) in [5.74, 6) is 0.832. The molecule has 0 radical (unpaired) electrons. The van der Waals surface area contributed by atoms with Crippen LogP contribution in [0.4, 0.5) is 5.69 Å². The third kappa shape index (κ3) is 2.32. The topological polar surface area (TPSA) is 29.3 Å². The van der Waals surface area contributed by atoms with E-state index in [-0.39, 0.29) is 6.04 Å². The van der Waals surface area contributed by atoms with Crippen molar-refractivity contribution in [1.82, 2.24) is 0 Å². The van der Waals surface area contributed by atoms with Crippen molar-refractivity contribution >= 4 is 5.69 Å². The van der Waals surface area contributed by atoms with Crippen LogP contribution in [0.15, 0.2) is 24.3 Å². The number of hydrogen-bond acceptors (Lipinski definition) is 2. The Labute approximate surface area is 92.1 Å². The van der Waals surface area contributed by atoms with Gasteiger partial charge in [-0.05, 0) is 37.0 Å². The van der Waals surface area contributed by atoms with Gasteiger partial charge in [-0.3, -0.25) is 0 Å². The van der Waals surface area contributed by atoms with Crippen molar-refractivity contribution in [1.29, 1.82) is 0 Å². The van der Waals surface area contributed by atoms with Crippen molar-refractivity contribution in [2.45, 2.75) is 26.3 Å². The normalized spacial score (nSPS) is 23.1. The van der Waals surface area contributed by atoms with Gasteiger partial charge in [0.1, 0.15) is 0 Å². The summed E-state index contributed by atoms with van der Waals surface area (Å²) in [5.41, 5.74) is 8.38. The number of hydrogen-bond donors (Lipinski definition) is 1. The van der Waals surface area contributed by atoms with Crippen LogP contribution in [0.25, 0.3) is 0 Å². The molecule has 1 heterocycles. The lowest BCUT2D eigenvalue weighted by Gasteiger charge is -2.18. The molecule has 2 rings (SSSR count). The van der Waals surface area contributed by atoms with Gasteiger partial charge in [0.15, 0.2) is 0 Å². The molecule has 1 fully saturated rings. The molecule has 2 atom stereocenters. The lowest BCUT2D eigenvalue weighted by molar-refractivity contribution is 0.659. The summed E-state index contributed by atoms with van der Waals surface area (Å²) in [6.45, 7) is 6.72. The first-order valence-corrected chi connectivity index (χ1v) is 5.77. The number of anilines is 1. The average molecular weight is 204 g/mol. The Kier molecular flexibility index (Phi) is 2.96. The molecule has 1 saturated heterocycles. The van der Waals surface area contributed by atoms with Crippen LogP contribution < -0.4 is 10.6 Å². The van der Waals surface area contributed by atoms with Crippen molar-refractivity contribution < 1.29 is 0 Å². The van der Waals surface area contributed by atoms with E-state index in [1.807, 2.05) is 6.92 Å². The molecule has 2 heteroatoms. The van der Waals surface area contributed by atoms with E-state index >= 15 is 0 Å². The summed E-state index contributed by atoms with van der Waals surface area (Å²) in [5, 5.41) is 0. The summed E-state index contributed by atoms with van der Waals surface area (Å²) >= 11 is 0. The van der Waals surface area contributed by atoms with Crippen molar-refractivity contribution in [2.24, 2.45) is 11.7 Å². The highest BCUT2D eigenvalue weighted by molar-refractivity contribution is 5.48. The van der Waals surface area contributed by atoms with Crippen molar-refractivity contribution in [2.75, 3.05) is 18.0 Å². The largest absolute Gasteiger partial charge is 0.371 e. The van der Waals surface area contributed by atoms with Gasteiger partial charge < -0.3 is 10.6 Å². The zero-order valence-corrected chi connectivity index (χ0v) is 9.61. The highest BCUT2D eigenvalue weighted by Gasteiger charge is 2.18. The summed E-state index contributed by atoms with van der Waals surface area (Å²) in [7, 11) is 0. The summed E-state index contributed by atoms with van der Waals surface area (Å²) < 4.78 is 0. The standard InChI is InChI=1S/C13H20N2/c1-10-7-8-15(9-10)13-5-3-12(4-6-13)11(2)14/h3-6,10-11H,7-9,14H2,1-2H3/t10-,11?/m0/s1. The van der Waals surface area contributed by atoms with E-state index in [1.54, 1.807) is 0 Å². The summed E-state index contributed by atoms with van der Waals surface area (Å²) in [6, 6.07) is 8.80. The molecule has 0 aromatic heterocycles. The molecule has 0 saturated carbocycles. The van der Waals surface area contributed by atoms with E-state index < -0.39 is 0 Å². The average Bonchev–Trinajstić information content (AvgIpc) is 2.65. The van der Waals surface area contributed by atoms with Crippen LogP contribution in [0, 0.1) is 5.92 Å². The highest BCUT2D eigenvalue weighted by Crippen LogP contribution is 2.24. The van der Waals surface area contributed by atoms with Gasteiger partial charge in [-0.15, -0.1) is 0 Å². The van der Waals surface area contributed by atoms with E-state index in [0.717, 1.165) is 5.92 Å². The SMILES string of the molecule is CC(N)c1ccc(N2CC[C@H](C)C2)cc1. The fourth-order valence-electron chi connectivity index (χ4n) is 2.16. The first kappa shape index (κ1) is 10.5. The zero-order chi connectivity index (χ0) is 10.8. The quantitative estimate of drug-likeness (QED) is 0.802. The Morgan fingerprint density at radius 3 is 2.47 bits per heavy atom. The van der Waals surface area contributed by atoms with Gasteiger partial charge in [-0.1, -0.05) is 19.1 Å². The van der Waals surface area contributed by atoms with Crippen LogP contribution in [-0.2, 0) is 0 Å². The maximum absolute atomic E-state index is 5.83. The number of nitrogens with zero attached hydrogens (tertiary/aromatic N) is 1. The molecular formula is C13H20N2. The van der Waals surface area contributed by atoms with Gasteiger partial charge in [-0.25, -0.2) is 0 Å². The molecule has 1 aliphatic rings. The maximum atomic E-state index is 5.83. The molecule has 2 nitrogen and oxygen atoms in total. The van der Waals surface area contributed by atoms with Gasteiger partial charge >= 0.3 is 0 Å². The Balaban J connectivity index is 2.10. The second-order valence-corrected chi connectivity index (χ2v) is 4.72.